The molecule has 3 amide bonds. The molecule has 1 aliphatic heterocycles. The van der Waals surface area contributed by atoms with Crippen LogP contribution in [0.4, 0.5) is 22.4 Å². The van der Waals surface area contributed by atoms with Gasteiger partial charge in [-0.05, 0) is 36.8 Å². The topological polar surface area (TPSA) is 97.1 Å². The zero-order valence-corrected chi connectivity index (χ0v) is 15.2. The molecule has 0 aliphatic carbocycles. The Morgan fingerprint density at radius 2 is 1.83 bits per heavy atom. The van der Waals surface area contributed by atoms with Gasteiger partial charge in [0.1, 0.15) is 11.4 Å². The highest BCUT2D eigenvalue weighted by Crippen LogP contribution is 2.34. The van der Waals surface area contributed by atoms with E-state index in [-0.39, 0.29) is 17.3 Å². The highest BCUT2D eigenvalue weighted by atomic mass is 19.4. The number of hydrogen-bond donors (Lipinski definition) is 2. The van der Waals surface area contributed by atoms with Crippen LogP contribution in [0, 0.1) is 5.82 Å². The first kappa shape index (κ1) is 19.6. The van der Waals surface area contributed by atoms with Gasteiger partial charge in [0.25, 0.3) is 11.8 Å². The van der Waals surface area contributed by atoms with Gasteiger partial charge in [0.05, 0.1) is 5.56 Å². The number of carbonyl (C=O) groups is 2. The molecule has 4 rings (SSSR count). The van der Waals surface area contributed by atoms with E-state index in [9.17, 15) is 27.2 Å². The monoisotopic (exact) mass is 420 g/mol. The normalized spacial score (nSPS) is 19.0. The number of nitrogens with zero attached hydrogens (tertiary/aromatic N) is 2. The van der Waals surface area contributed by atoms with E-state index in [1.165, 1.54) is 13.0 Å². The van der Waals surface area contributed by atoms with E-state index < -0.39 is 35.0 Å². The summed E-state index contributed by atoms with van der Waals surface area (Å²) in [5, 5.41) is 8.40. The van der Waals surface area contributed by atoms with Crippen LogP contribution >= 0.6 is 0 Å². The molecule has 1 aromatic heterocycles. The molecule has 11 heteroatoms. The molecule has 0 saturated carbocycles. The Morgan fingerprint density at radius 1 is 1.07 bits per heavy atom. The lowest BCUT2D eigenvalue weighted by atomic mass is 9.91. The van der Waals surface area contributed by atoms with Crippen LogP contribution in [0.2, 0.25) is 0 Å². The number of aromatic nitrogens is 2. The summed E-state index contributed by atoms with van der Waals surface area (Å²) in [5.74, 6) is -1.94. The van der Waals surface area contributed by atoms with Crippen molar-refractivity contribution in [2.45, 2.75) is 18.6 Å². The Labute approximate surface area is 166 Å². The fourth-order valence-electron chi connectivity index (χ4n) is 3.05. The summed E-state index contributed by atoms with van der Waals surface area (Å²) < 4.78 is 57.4. The number of amides is 3. The van der Waals surface area contributed by atoms with Crippen LogP contribution in [-0.2, 0) is 16.5 Å². The van der Waals surface area contributed by atoms with Crippen LogP contribution < -0.4 is 10.6 Å². The minimum Gasteiger partial charge on any atom is -0.334 e. The van der Waals surface area contributed by atoms with Gasteiger partial charge in [0.15, 0.2) is 0 Å². The predicted molar refractivity (Wildman–Crippen MR) is 94.2 cm³/mol. The number of urea groups is 1. The number of imide groups is 1. The third-order valence-electron chi connectivity index (χ3n) is 4.64. The van der Waals surface area contributed by atoms with E-state index in [0.29, 0.717) is 23.3 Å². The summed E-state index contributed by atoms with van der Waals surface area (Å²) in [7, 11) is 0. The highest BCUT2D eigenvalue weighted by molar-refractivity contribution is 6.07. The zero-order valence-electron chi connectivity index (χ0n) is 15.2. The number of halogens is 4. The molecule has 1 aliphatic rings. The largest absolute Gasteiger partial charge is 0.416 e. The minimum atomic E-state index is -4.74. The second-order valence-corrected chi connectivity index (χ2v) is 6.76. The number of alkyl halides is 3. The van der Waals surface area contributed by atoms with Crippen molar-refractivity contribution in [2.24, 2.45) is 0 Å². The maximum atomic E-state index is 13.6. The Hall–Kier alpha value is -3.76. The van der Waals surface area contributed by atoms with Crippen molar-refractivity contribution in [1.82, 2.24) is 20.8 Å². The molecule has 2 N–H and O–H groups in total. The fourth-order valence-corrected chi connectivity index (χ4v) is 3.05. The summed E-state index contributed by atoms with van der Waals surface area (Å²) in [6.45, 7) is 1.51. The lowest BCUT2D eigenvalue weighted by Crippen LogP contribution is -2.40. The average Bonchev–Trinajstić information content (AvgIpc) is 3.26. The first-order valence-corrected chi connectivity index (χ1v) is 8.53. The van der Waals surface area contributed by atoms with Crippen LogP contribution in [0.25, 0.3) is 22.8 Å². The van der Waals surface area contributed by atoms with Crippen LogP contribution in [0.3, 0.4) is 0 Å². The Balaban J connectivity index is 1.70. The Bertz CT molecular complexity index is 1170. The highest BCUT2D eigenvalue weighted by Gasteiger charge is 2.43. The fraction of sp³-hybridized carbons (Fsp3) is 0.158. The van der Waals surface area contributed by atoms with Gasteiger partial charge in [-0.3, -0.25) is 10.1 Å². The first-order valence-electron chi connectivity index (χ1n) is 8.53. The SMILES string of the molecule is CC1(c2cccc(-c3noc(-c4cc(F)cc(C(F)(F)F)c4)n3)c2)NC(=O)NC1=O. The summed E-state index contributed by atoms with van der Waals surface area (Å²) in [6.07, 6.45) is -4.74. The molecular formula is C19H12F4N4O3. The maximum absolute atomic E-state index is 13.6. The Morgan fingerprint density at radius 3 is 2.50 bits per heavy atom. The molecule has 30 heavy (non-hydrogen) atoms. The van der Waals surface area contributed by atoms with Crippen LogP contribution in [0.1, 0.15) is 18.1 Å². The molecule has 7 nitrogen and oxygen atoms in total. The second kappa shape index (κ2) is 6.65. The Kier molecular flexibility index (Phi) is 4.33. The lowest BCUT2D eigenvalue weighted by Gasteiger charge is -2.21. The van der Waals surface area contributed by atoms with Crippen molar-refractivity contribution >= 4 is 11.9 Å². The van der Waals surface area contributed by atoms with Gasteiger partial charge in [0.2, 0.25) is 5.82 Å². The van der Waals surface area contributed by atoms with E-state index in [1.54, 1.807) is 18.2 Å². The molecule has 0 radical (unpaired) electrons. The van der Waals surface area contributed by atoms with Gasteiger partial charge in [-0.2, -0.15) is 18.2 Å². The quantitative estimate of drug-likeness (QED) is 0.498. The van der Waals surface area contributed by atoms with Crippen LogP contribution in [0.15, 0.2) is 47.0 Å². The third-order valence-corrected chi connectivity index (χ3v) is 4.64. The van der Waals surface area contributed by atoms with E-state index in [2.05, 4.69) is 20.8 Å². The van der Waals surface area contributed by atoms with E-state index in [4.69, 9.17) is 4.52 Å². The number of benzene rings is 2. The van der Waals surface area contributed by atoms with Gasteiger partial charge in [0, 0.05) is 11.1 Å². The molecule has 2 heterocycles. The molecule has 0 spiro atoms. The molecular weight excluding hydrogens is 408 g/mol. The molecule has 2 aromatic carbocycles. The van der Waals surface area contributed by atoms with Crippen LogP contribution in [-0.4, -0.2) is 22.1 Å². The maximum Gasteiger partial charge on any atom is 0.416 e. The van der Waals surface area contributed by atoms with Crippen LogP contribution in [0.5, 0.6) is 0 Å². The predicted octanol–water partition coefficient (Wildman–Crippen LogP) is 3.62. The number of hydrogen-bond acceptors (Lipinski definition) is 5. The first-order chi connectivity index (χ1) is 14.1. The molecule has 0 bridgehead atoms. The molecule has 1 fully saturated rings. The lowest BCUT2D eigenvalue weighted by molar-refractivity contribution is -0.137. The summed E-state index contributed by atoms with van der Waals surface area (Å²) in [4.78, 5) is 27.6. The van der Waals surface area contributed by atoms with Gasteiger partial charge in [-0.1, -0.05) is 23.4 Å². The van der Waals surface area contributed by atoms with Crippen molar-refractivity contribution in [3.05, 3.63) is 59.4 Å². The molecule has 3 aromatic rings. The number of carbonyl (C=O) groups excluding carboxylic acids is 2. The van der Waals surface area contributed by atoms with Crippen molar-refractivity contribution in [2.75, 3.05) is 0 Å². The summed E-state index contributed by atoms with van der Waals surface area (Å²) in [6, 6.07) is 7.60. The molecule has 1 unspecified atom stereocenters. The summed E-state index contributed by atoms with van der Waals surface area (Å²) >= 11 is 0. The van der Waals surface area contributed by atoms with E-state index in [0.717, 1.165) is 6.07 Å². The molecule has 154 valence electrons. The van der Waals surface area contributed by atoms with Crippen molar-refractivity contribution in [3.8, 4) is 22.8 Å². The van der Waals surface area contributed by atoms with Gasteiger partial charge in [-0.25, -0.2) is 9.18 Å². The van der Waals surface area contributed by atoms with Gasteiger partial charge in [-0.15, -0.1) is 0 Å². The standard InChI is InChI=1S/C19H12F4N4O3/c1-18(16(28)25-17(29)26-18)11-4-2-3-9(5-11)14-24-15(30-27-14)10-6-12(19(21,22)23)8-13(20)7-10/h2-8H,1H3,(H2,25,26,28,29). The van der Waals surface area contributed by atoms with Gasteiger partial charge < -0.3 is 9.84 Å². The van der Waals surface area contributed by atoms with E-state index in [1.807, 2.05) is 0 Å². The average molecular weight is 420 g/mol. The minimum absolute atomic E-state index is 0.0120. The molecule has 1 atom stereocenters. The smallest absolute Gasteiger partial charge is 0.334 e. The van der Waals surface area contributed by atoms with Crippen molar-refractivity contribution in [1.29, 1.82) is 0 Å². The third kappa shape index (κ3) is 3.38. The van der Waals surface area contributed by atoms with E-state index >= 15 is 0 Å². The van der Waals surface area contributed by atoms with Crippen molar-refractivity contribution in [3.63, 3.8) is 0 Å². The molecule has 1 saturated heterocycles. The number of rotatable bonds is 3. The zero-order chi connectivity index (χ0) is 21.7. The summed E-state index contributed by atoms with van der Waals surface area (Å²) in [5.41, 5.74) is -1.92. The second-order valence-electron chi connectivity index (χ2n) is 6.76. The number of nitrogens with one attached hydrogen (secondary N) is 2. The van der Waals surface area contributed by atoms with Crippen molar-refractivity contribution < 1.29 is 31.7 Å². The van der Waals surface area contributed by atoms with Gasteiger partial charge >= 0.3 is 12.2 Å².